The third kappa shape index (κ3) is 4.21. The summed E-state index contributed by atoms with van der Waals surface area (Å²) in [7, 11) is -2.22. The highest BCUT2D eigenvalue weighted by Crippen LogP contribution is 2.27. The average Bonchev–Trinajstić information content (AvgIpc) is 3.52. The first kappa shape index (κ1) is 20.2. The van der Waals surface area contributed by atoms with Crippen molar-refractivity contribution in [2.24, 2.45) is 0 Å². The van der Waals surface area contributed by atoms with E-state index in [0.29, 0.717) is 67.7 Å². The maximum Gasteiger partial charge on any atom is 0.251 e. The molecule has 2 aliphatic rings. The van der Waals surface area contributed by atoms with Gasteiger partial charge < -0.3 is 23.7 Å². The van der Waals surface area contributed by atoms with Gasteiger partial charge in [0.25, 0.3) is 5.16 Å². The Balaban J connectivity index is 1.55. The molecule has 0 N–H and O–H groups in total. The summed E-state index contributed by atoms with van der Waals surface area (Å²) in [5, 5.41) is -0.198. The molecule has 10 nitrogen and oxygen atoms in total. The van der Waals surface area contributed by atoms with Gasteiger partial charge in [-0.1, -0.05) is 12.1 Å². The molecule has 1 atom stereocenters. The van der Waals surface area contributed by atoms with Gasteiger partial charge in [0.2, 0.25) is 9.84 Å². The Morgan fingerprint density at radius 3 is 2.58 bits per heavy atom. The van der Waals surface area contributed by atoms with E-state index in [1.165, 1.54) is 0 Å². The third-order valence-electron chi connectivity index (χ3n) is 5.33. The molecule has 2 fully saturated rings. The molecule has 5 rings (SSSR count). The van der Waals surface area contributed by atoms with Crippen LogP contribution >= 0.6 is 0 Å². The number of hydrogen-bond acceptors (Lipinski definition) is 9. The average molecular weight is 446 g/mol. The van der Waals surface area contributed by atoms with Crippen LogP contribution in [0.3, 0.4) is 0 Å². The van der Waals surface area contributed by atoms with Crippen molar-refractivity contribution in [2.75, 3.05) is 44.9 Å². The van der Waals surface area contributed by atoms with Gasteiger partial charge in [0.05, 0.1) is 51.7 Å². The maximum absolute atomic E-state index is 13.2. The number of rotatable bonds is 7. The second kappa shape index (κ2) is 8.06. The molecule has 1 aromatic carbocycles. The van der Waals surface area contributed by atoms with Crippen LogP contribution in [0.25, 0.3) is 11.2 Å². The number of hydrogen-bond donors (Lipinski definition) is 0. The lowest BCUT2D eigenvalue weighted by atomic mass is 10.2. The fourth-order valence-corrected chi connectivity index (χ4v) is 4.79. The quantitative estimate of drug-likeness (QED) is 0.389. The number of fused-ring (bicyclic) bond motifs is 1. The normalized spacial score (nSPS) is 19.0. The van der Waals surface area contributed by atoms with Crippen molar-refractivity contribution < 1.29 is 22.6 Å². The molecule has 0 spiro atoms. The van der Waals surface area contributed by atoms with Crippen molar-refractivity contribution in [3.05, 3.63) is 36.2 Å². The minimum atomic E-state index is -3.79. The Hall–Kier alpha value is -2.76. The molecule has 164 valence electrons. The van der Waals surface area contributed by atoms with Crippen LogP contribution < -0.4 is 9.64 Å². The molecule has 2 aromatic heterocycles. The second-order valence-corrected chi connectivity index (χ2v) is 9.44. The largest absolute Gasteiger partial charge is 0.497 e. The van der Waals surface area contributed by atoms with Gasteiger partial charge in [-0.15, -0.1) is 0 Å². The summed E-state index contributed by atoms with van der Waals surface area (Å²) in [5.74, 6) is 0.988. The Bertz CT molecular complexity index is 1180. The highest BCUT2D eigenvalue weighted by atomic mass is 32.2. The zero-order valence-corrected chi connectivity index (χ0v) is 17.9. The predicted octanol–water partition coefficient (Wildman–Crippen LogP) is 1.04. The van der Waals surface area contributed by atoms with Crippen LogP contribution in [0.4, 0.5) is 5.82 Å². The molecule has 3 aromatic rings. The van der Waals surface area contributed by atoms with Crippen molar-refractivity contribution in [2.45, 2.75) is 23.6 Å². The summed E-state index contributed by atoms with van der Waals surface area (Å²) in [6.45, 7) is 3.59. The third-order valence-corrected chi connectivity index (χ3v) is 6.78. The molecule has 11 heteroatoms. The maximum atomic E-state index is 13.2. The lowest BCUT2D eigenvalue weighted by Crippen LogP contribution is -2.37. The van der Waals surface area contributed by atoms with E-state index in [9.17, 15) is 8.42 Å². The van der Waals surface area contributed by atoms with Crippen LogP contribution in [-0.4, -0.2) is 74.1 Å². The van der Waals surface area contributed by atoms with Gasteiger partial charge in [0.1, 0.15) is 5.75 Å². The van der Waals surface area contributed by atoms with E-state index in [1.54, 1.807) is 37.7 Å². The Kier molecular flexibility index (Phi) is 5.24. The van der Waals surface area contributed by atoms with Gasteiger partial charge in [0, 0.05) is 13.1 Å². The minimum absolute atomic E-state index is 0.110. The molecule has 2 saturated heterocycles. The molecule has 0 radical (unpaired) electrons. The van der Waals surface area contributed by atoms with Gasteiger partial charge in [-0.25, -0.2) is 13.4 Å². The van der Waals surface area contributed by atoms with E-state index in [1.807, 2.05) is 9.47 Å². The minimum Gasteiger partial charge on any atom is -0.497 e. The summed E-state index contributed by atoms with van der Waals surface area (Å²) in [5.41, 5.74) is 1.73. The lowest BCUT2D eigenvalue weighted by molar-refractivity contribution is 0.122. The van der Waals surface area contributed by atoms with Gasteiger partial charge in [-0.05, 0) is 17.7 Å². The van der Waals surface area contributed by atoms with Gasteiger partial charge in [-0.3, -0.25) is 0 Å². The van der Waals surface area contributed by atoms with Crippen LogP contribution in [0.2, 0.25) is 0 Å². The highest BCUT2D eigenvalue weighted by molar-refractivity contribution is 7.90. The number of ether oxygens (including phenoxy) is 3. The highest BCUT2D eigenvalue weighted by Gasteiger charge is 2.28. The Morgan fingerprint density at radius 2 is 1.90 bits per heavy atom. The number of nitrogens with zero attached hydrogens (tertiary/aromatic N) is 5. The molecular weight excluding hydrogens is 422 g/mol. The fraction of sp³-hybridized carbons (Fsp3) is 0.450. The second-order valence-electron chi connectivity index (χ2n) is 7.56. The zero-order valence-electron chi connectivity index (χ0n) is 17.1. The van der Waals surface area contributed by atoms with Crippen molar-refractivity contribution in [1.29, 1.82) is 0 Å². The smallest absolute Gasteiger partial charge is 0.251 e. The number of benzene rings is 1. The van der Waals surface area contributed by atoms with Gasteiger partial charge in [0.15, 0.2) is 17.0 Å². The summed E-state index contributed by atoms with van der Waals surface area (Å²) in [6, 6.07) is 6.93. The Morgan fingerprint density at radius 1 is 1.16 bits per heavy atom. The van der Waals surface area contributed by atoms with Crippen molar-refractivity contribution in [3.63, 3.8) is 0 Å². The van der Waals surface area contributed by atoms with E-state index in [0.717, 1.165) is 0 Å². The van der Waals surface area contributed by atoms with E-state index in [2.05, 4.69) is 15.0 Å². The summed E-state index contributed by atoms with van der Waals surface area (Å²) >= 11 is 0. The molecule has 2 aliphatic heterocycles. The van der Waals surface area contributed by atoms with Gasteiger partial charge in [-0.2, -0.15) is 9.97 Å². The monoisotopic (exact) mass is 445 g/mol. The van der Waals surface area contributed by atoms with Crippen molar-refractivity contribution in [1.82, 2.24) is 19.5 Å². The molecule has 0 amide bonds. The molecule has 0 bridgehead atoms. The first-order valence-corrected chi connectivity index (χ1v) is 11.7. The van der Waals surface area contributed by atoms with Crippen LogP contribution in [-0.2, 0) is 31.6 Å². The van der Waals surface area contributed by atoms with Crippen LogP contribution in [0.1, 0.15) is 5.56 Å². The van der Waals surface area contributed by atoms with Crippen LogP contribution in [0, 0.1) is 0 Å². The van der Waals surface area contributed by atoms with E-state index in [-0.39, 0.29) is 17.0 Å². The standard InChI is InChI=1S/C20H23N5O5S/c1-28-15-4-2-14(3-5-15)12-31(26,27)20-22-18(24-6-8-29-9-7-24)17-19(23-20)25(13-21-17)10-16-11-30-16/h2-5,13,16H,6-12H2,1H3. The number of morpholine rings is 1. The van der Waals surface area contributed by atoms with Crippen LogP contribution in [0.15, 0.2) is 35.7 Å². The molecule has 1 unspecified atom stereocenters. The number of epoxide rings is 1. The summed E-state index contributed by atoms with van der Waals surface area (Å²) in [4.78, 5) is 15.4. The topological polar surface area (TPSA) is 112 Å². The molecule has 31 heavy (non-hydrogen) atoms. The number of methoxy groups -OCH3 is 1. The number of anilines is 1. The number of aromatic nitrogens is 4. The SMILES string of the molecule is COc1ccc(CS(=O)(=O)c2nc(N3CCOCC3)c3ncn(CC4CO4)c3n2)cc1. The van der Waals surface area contributed by atoms with Crippen LogP contribution in [0.5, 0.6) is 5.75 Å². The van der Waals surface area contributed by atoms with Gasteiger partial charge >= 0.3 is 0 Å². The molecule has 0 saturated carbocycles. The fourth-order valence-electron chi connectivity index (χ4n) is 3.58. The zero-order chi connectivity index (χ0) is 21.4. The number of imidazole rings is 1. The van der Waals surface area contributed by atoms with Crippen molar-refractivity contribution >= 4 is 26.8 Å². The van der Waals surface area contributed by atoms with Crippen molar-refractivity contribution in [3.8, 4) is 5.75 Å². The van der Waals surface area contributed by atoms with E-state index in [4.69, 9.17) is 14.2 Å². The van der Waals surface area contributed by atoms with E-state index < -0.39 is 9.84 Å². The first-order chi connectivity index (χ1) is 15.0. The molecule has 0 aliphatic carbocycles. The Labute approximate surface area is 179 Å². The first-order valence-electron chi connectivity index (χ1n) is 10.1. The lowest BCUT2D eigenvalue weighted by Gasteiger charge is -2.28. The number of sulfone groups is 1. The molecule has 4 heterocycles. The summed E-state index contributed by atoms with van der Waals surface area (Å²) in [6.07, 6.45) is 1.78. The predicted molar refractivity (Wildman–Crippen MR) is 112 cm³/mol. The van der Waals surface area contributed by atoms with E-state index >= 15 is 0 Å². The molecular formula is C20H23N5O5S. The summed E-state index contributed by atoms with van der Waals surface area (Å²) < 4.78 is 44.2.